The second-order valence-corrected chi connectivity index (χ2v) is 9.29. The predicted molar refractivity (Wildman–Crippen MR) is 136 cm³/mol. The Balaban J connectivity index is 0.00000218. The van der Waals surface area contributed by atoms with Crippen molar-refractivity contribution in [2.45, 2.75) is 33.1 Å². The summed E-state index contributed by atoms with van der Waals surface area (Å²) in [6, 6.07) is 2.19. The van der Waals surface area contributed by atoms with Gasteiger partial charge in [-0.25, -0.2) is 0 Å². The lowest BCUT2D eigenvalue weighted by atomic mass is 9.95. The van der Waals surface area contributed by atoms with Crippen LogP contribution in [-0.2, 0) is 4.79 Å². The second kappa shape index (κ2) is 15.1. The maximum Gasteiger partial charge on any atom is 0.264 e. The summed E-state index contributed by atoms with van der Waals surface area (Å²) in [5, 5.41) is 11.0. The number of hydrogen-bond acceptors (Lipinski definition) is 5. The minimum Gasteiger partial charge on any atom is -0.354 e. The van der Waals surface area contributed by atoms with Gasteiger partial charge in [-0.3, -0.25) is 4.79 Å². The summed E-state index contributed by atoms with van der Waals surface area (Å²) in [5.74, 6) is 3.26. The van der Waals surface area contributed by atoms with Gasteiger partial charge in [0.05, 0.1) is 5.71 Å². The summed E-state index contributed by atoms with van der Waals surface area (Å²) in [6.07, 6.45) is 18.7. The van der Waals surface area contributed by atoms with Crippen LogP contribution in [0.2, 0.25) is 0 Å². The molecule has 0 spiro atoms. The van der Waals surface area contributed by atoms with Crippen molar-refractivity contribution in [2.75, 3.05) is 24.4 Å². The van der Waals surface area contributed by atoms with E-state index in [1.165, 1.54) is 34.6 Å². The molecule has 0 aliphatic carbocycles. The molecule has 1 atom stereocenters. The smallest absolute Gasteiger partial charge is 0.264 e. The molecule has 162 valence electrons. The van der Waals surface area contributed by atoms with Gasteiger partial charge in [0, 0.05) is 28.2 Å². The van der Waals surface area contributed by atoms with Gasteiger partial charge in [0.1, 0.15) is 6.21 Å². The van der Waals surface area contributed by atoms with E-state index in [1.807, 2.05) is 24.8 Å². The zero-order valence-corrected chi connectivity index (χ0v) is 20.2. The Bertz CT molecular complexity index is 816. The molecule has 2 rings (SSSR count). The van der Waals surface area contributed by atoms with Crippen LogP contribution < -0.4 is 5.32 Å². The van der Waals surface area contributed by atoms with Crippen LogP contribution in [0.5, 0.6) is 0 Å². The van der Waals surface area contributed by atoms with Gasteiger partial charge < -0.3 is 5.32 Å². The molecule has 2 heterocycles. The lowest BCUT2D eigenvalue weighted by Gasteiger charge is -2.21. The average molecular weight is 464 g/mol. The lowest BCUT2D eigenvalue weighted by molar-refractivity contribution is -0.113. The fourth-order valence-electron chi connectivity index (χ4n) is 3.07. The summed E-state index contributed by atoms with van der Waals surface area (Å²) in [4.78, 5) is 13.9. The molecule has 1 N–H and O–H groups in total. The largest absolute Gasteiger partial charge is 0.354 e. The zero-order valence-electron chi connectivity index (χ0n) is 17.9. The van der Waals surface area contributed by atoms with Gasteiger partial charge in [0.15, 0.2) is 0 Å². The molecular weight excluding hydrogens is 434 g/mol. The Labute approximate surface area is 194 Å². The van der Waals surface area contributed by atoms with Crippen LogP contribution in [-0.4, -0.2) is 42.3 Å². The molecule has 1 aromatic rings. The van der Waals surface area contributed by atoms with E-state index in [4.69, 9.17) is 11.6 Å². The third-order valence-corrected chi connectivity index (χ3v) is 7.11. The van der Waals surface area contributed by atoms with Crippen molar-refractivity contribution in [3.8, 4) is 12.8 Å². The molecule has 1 amide bonds. The molecule has 1 aliphatic rings. The van der Waals surface area contributed by atoms with Gasteiger partial charge >= 0.3 is 0 Å². The molecule has 0 radical (unpaired) electrons. The number of carbonyl (C=O) groups excluding carboxylic acids is 1. The maximum absolute atomic E-state index is 11.5. The Morgan fingerprint density at radius 3 is 2.80 bits per heavy atom. The van der Waals surface area contributed by atoms with Crippen LogP contribution in [0.1, 0.15) is 41.5 Å². The number of amides is 1. The summed E-state index contributed by atoms with van der Waals surface area (Å²) >= 11 is 9.57. The molecule has 1 fully saturated rings. The molecule has 0 aromatic carbocycles. The monoisotopic (exact) mass is 463 g/mol. The number of nitrogens with one attached hydrogen (secondary N) is 1. The number of terminal acetylenes is 1. The van der Waals surface area contributed by atoms with Crippen LogP contribution in [0.4, 0.5) is 0 Å². The molecule has 1 saturated heterocycles. The number of rotatable bonds is 8. The number of aryl methyl sites for hydroxylation is 1. The van der Waals surface area contributed by atoms with E-state index in [1.54, 1.807) is 18.4 Å². The predicted octanol–water partition coefficient (Wildman–Crippen LogP) is 5.56. The van der Waals surface area contributed by atoms with E-state index < -0.39 is 0 Å². The Kier molecular flexibility index (Phi) is 13.2. The Morgan fingerprint density at radius 1 is 1.43 bits per heavy atom. The maximum atomic E-state index is 11.5. The highest BCUT2D eigenvalue weighted by Crippen LogP contribution is 2.32. The standard InChI is InChI=1S/C21H28ClN3OS2.C2H2/c1-4-17(8-5-9-22)20-12-18(15(2)28-20)19(25-24-13-21(26)23-3)11-16-7-6-10-27-14-16;1-2/h4-5,8,12-13,16H,6-7,9-11,14H2,1-3H3,(H,23,26);1-2H/b8-5-,17-4+,24-13+,25-19-;. The van der Waals surface area contributed by atoms with Crippen LogP contribution in [0.15, 0.2) is 34.5 Å². The fraction of sp³-hybridized carbons (Fsp3) is 0.435. The lowest BCUT2D eigenvalue weighted by Crippen LogP contribution is -2.18. The van der Waals surface area contributed by atoms with Crippen molar-refractivity contribution in [1.29, 1.82) is 0 Å². The van der Waals surface area contributed by atoms with Crippen LogP contribution in [0.3, 0.4) is 0 Å². The molecule has 1 aliphatic heterocycles. The minimum absolute atomic E-state index is 0.249. The SMILES string of the molecule is C#C.C/C=C(\C=C/CCl)c1cc(/C(CC2CCCSC2)=N\N=C\C(=O)NC)c(C)s1. The average Bonchev–Trinajstić information content (AvgIpc) is 3.16. The van der Waals surface area contributed by atoms with E-state index in [0.717, 1.165) is 29.0 Å². The molecule has 1 aromatic heterocycles. The highest BCUT2D eigenvalue weighted by molar-refractivity contribution is 7.99. The molecule has 7 heteroatoms. The first-order valence-corrected chi connectivity index (χ1v) is 12.3. The first-order chi connectivity index (χ1) is 14.6. The molecule has 30 heavy (non-hydrogen) atoms. The molecule has 0 saturated carbocycles. The number of thiophene rings is 1. The van der Waals surface area contributed by atoms with Crippen molar-refractivity contribution in [2.24, 2.45) is 16.1 Å². The Morgan fingerprint density at radius 2 is 2.20 bits per heavy atom. The molecule has 4 nitrogen and oxygen atoms in total. The first-order valence-electron chi connectivity index (χ1n) is 9.81. The summed E-state index contributed by atoms with van der Waals surface area (Å²) in [6.45, 7) is 4.15. The second-order valence-electron chi connectivity index (χ2n) is 6.57. The van der Waals surface area contributed by atoms with Gasteiger partial charge in [0.2, 0.25) is 0 Å². The van der Waals surface area contributed by atoms with Crippen molar-refractivity contribution in [3.63, 3.8) is 0 Å². The van der Waals surface area contributed by atoms with Crippen molar-refractivity contribution >= 4 is 58.1 Å². The fourth-order valence-corrected chi connectivity index (χ4v) is 5.41. The summed E-state index contributed by atoms with van der Waals surface area (Å²) < 4.78 is 0. The van der Waals surface area contributed by atoms with Crippen molar-refractivity contribution < 1.29 is 4.79 Å². The normalized spacial score (nSPS) is 17.7. The highest BCUT2D eigenvalue weighted by Gasteiger charge is 2.20. The minimum atomic E-state index is -0.249. The van der Waals surface area contributed by atoms with Gasteiger partial charge in [-0.15, -0.1) is 35.8 Å². The van der Waals surface area contributed by atoms with E-state index >= 15 is 0 Å². The third-order valence-electron chi connectivity index (χ3n) is 4.55. The first kappa shape index (κ1) is 26.2. The number of halogens is 1. The number of alkyl halides is 1. The number of hydrogen-bond donors (Lipinski definition) is 1. The molecule has 0 bridgehead atoms. The van der Waals surface area contributed by atoms with Gasteiger partial charge in [0.25, 0.3) is 5.91 Å². The zero-order chi connectivity index (χ0) is 22.4. The topological polar surface area (TPSA) is 53.8 Å². The van der Waals surface area contributed by atoms with Gasteiger partial charge in [-0.1, -0.05) is 18.2 Å². The van der Waals surface area contributed by atoms with Crippen molar-refractivity contribution in [1.82, 2.24) is 5.32 Å². The number of carbonyl (C=O) groups is 1. The number of allylic oxidation sites excluding steroid dienone is 4. The van der Waals surface area contributed by atoms with Crippen molar-refractivity contribution in [3.05, 3.63) is 39.6 Å². The van der Waals surface area contributed by atoms with Crippen LogP contribution in [0, 0.1) is 25.7 Å². The van der Waals surface area contributed by atoms with Gasteiger partial charge in [-0.05, 0) is 62.2 Å². The number of nitrogens with zero attached hydrogens (tertiary/aromatic N) is 2. The van der Waals surface area contributed by atoms with Gasteiger partial charge in [-0.2, -0.15) is 22.0 Å². The number of thioether (sulfide) groups is 1. The van der Waals surface area contributed by atoms with Crippen LogP contribution >= 0.6 is 34.7 Å². The third kappa shape index (κ3) is 8.51. The van der Waals surface area contributed by atoms with Crippen LogP contribution in [0.25, 0.3) is 5.57 Å². The van der Waals surface area contributed by atoms with E-state index in [9.17, 15) is 4.79 Å². The van der Waals surface area contributed by atoms with E-state index in [-0.39, 0.29) is 5.91 Å². The Hall–Kier alpha value is -1.81. The van der Waals surface area contributed by atoms with E-state index in [0.29, 0.717) is 11.8 Å². The summed E-state index contributed by atoms with van der Waals surface area (Å²) in [5.41, 5.74) is 3.24. The molecule has 1 unspecified atom stereocenters. The van der Waals surface area contributed by atoms with E-state index in [2.05, 4.69) is 53.5 Å². The summed E-state index contributed by atoms with van der Waals surface area (Å²) in [7, 11) is 1.58. The molecular formula is C23H30ClN3OS2. The highest BCUT2D eigenvalue weighted by atomic mass is 35.5. The quantitative estimate of drug-likeness (QED) is 0.180.